The molecule has 0 heterocycles. The Hall–Kier alpha value is -0.320. The maximum atomic E-state index is 12.3. The summed E-state index contributed by atoms with van der Waals surface area (Å²) < 4.78 is 52.0. The highest BCUT2D eigenvalue weighted by atomic mass is 19.3. The quantitative estimate of drug-likeness (QED) is 0.316. The van der Waals surface area contributed by atoms with Crippen molar-refractivity contribution in [2.45, 2.75) is 77.2 Å². The topological polar surface area (TPSA) is 9.23 Å². The van der Waals surface area contributed by atoms with Crippen molar-refractivity contribution in [2.24, 2.45) is 0 Å². The van der Waals surface area contributed by atoms with Gasteiger partial charge in [0.1, 0.15) is 0 Å². The third kappa shape index (κ3) is 11.2. The maximum absolute atomic E-state index is 12.3. The van der Waals surface area contributed by atoms with Crippen molar-refractivity contribution in [1.82, 2.24) is 0 Å². The van der Waals surface area contributed by atoms with Gasteiger partial charge in [-0.05, 0) is 19.3 Å². The molecular weight excluding hydrogens is 260 g/mol. The fourth-order valence-corrected chi connectivity index (χ4v) is 1.71. The molecule has 0 aromatic carbocycles. The number of hydrogen-bond acceptors (Lipinski definition) is 1. The molecule has 0 amide bonds. The van der Waals surface area contributed by atoms with Crippen LogP contribution in [0.4, 0.5) is 17.6 Å². The summed E-state index contributed by atoms with van der Waals surface area (Å²) in [6.45, 7) is 1.84. The zero-order chi connectivity index (χ0) is 14.6. The minimum atomic E-state index is -4.31. The summed E-state index contributed by atoms with van der Waals surface area (Å²) in [5, 5.41) is 0. The first-order valence-corrected chi connectivity index (χ1v) is 7.12. The predicted octanol–water partition coefficient (Wildman–Crippen LogP) is 5.60. The molecule has 5 heteroatoms. The lowest BCUT2D eigenvalue weighted by Crippen LogP contribution is -2.30. The standard InChI is InChI=1S/C14H25F4O/c1-2-3-4-5-6-7-8-9-10-11-12-19-14(17,18)13(15)16/h9,13H,2-8,10-12H2,1H3. The summed E-state index contributed by atoms with van der Waals surface area (Å²) >= 11 is 0. The van der Waals surface area contributed by atoms with Crippen LogP contribution in [0.25, 0.3) is 0 Å². The van der Waals surface area contributed by atoms with E-state index in [2.05, 4.69) is 11.7 Å². The van der Waals surface area contributed by atoms with E-state index in [9.17, 15) is 17.6 Å². The Morgan fingerprint density at radius 3 is 2.16 bits per heavy atom. The molecule has 0 aromatic rings. The van der Waals surface area contributed by atoms with Gasteiger partial charge in [-0.2, -0.15) is 8.78 Å². The lowest BCUT2D eigenvalue weighted by atomic mass is 10.1. The summed E-state index contributed by atoms with van der Waals surface area (Å²) in [5.74, 6) is 0. The summed E-state index contributed by atoms with van der Waals surface area (Å²) in [6.07, 6.45) is 3.23. The average molecular weight is 285 g/mol. The lowest BCUT2D eigenvalue weighted by molar-refractivity contribution is -0.300. The van der Waals surface area contributed by atoms with Gasteiger partial charge in [-0.3, -0.25) is 0 Å². The van der Waals surface area contributed by atoms with E-state index in [1.807, 2.05) is 6.42 Å². The molecule has 0 bridgehead atoms. The number of hydrogen-bond donors (Lipinski definition) is 0. The molecule has 0 spiro atoms. The Morgan fingerprint density at radius 2 is 1.53 bits per heavy atom. The second-order valence-electron chi connectivity index (χ2n) is 4.70. The van der Waals surface area contributed by atoms with E-state index in [1.54, 1.807) is 0 Å². The Balaban J connectivity index is 3.19. The summed E-state index contributed by atoms with van der Waals surface area (Å²) in [7, 11) is 0. The van der Waals surface area contributed by atoms with Crippen molar-refractivity contribution in [3.63, 3.8) is 0 Å². The Kier molecular flexibility index (Phi) is 11.3. The second kappa shape index (κ2) is 11.5. The van der Waals surface area contributed by atoms with Crippen molar-refractivity contribution < 1.29 is 22.3 Å². The molecule has 0 aliphatic rings. The predicted molar refractivity (Wildman–Crippen MR) is 68.4 cm³/mol. The first-order valence-electron chi connectivity index (χ1n) is 7.12. The normalized spacial score (nSPS) is 12.3. The highest BCUT2D eigenvalue weighted by Gasteiger charge is 2.41. The molecule has 1 nitrogen and oxygen atoms in total. The van der Waals surface area contributed by atoms with Gasteiger partial charge in [-0.1, -0.05) is 51.9 Å². The Morgan fingerprint density at radius 1 is 0.947 bits per heavy atom. The van der Waals surface area contributed by atoms with Gasteiger partial charge < -0.3 is 4.74 Å². The van der Waals surface area contributed by atoms with Crippen LogP contribution in [-0.2, 0) is 4.74 Å². The van der Waals surface area contributed by atoms with Crippen molar-refractivity contribution in [3.8, 4) is 0 Å². The summed E-state index contributed by atoms with van der Waals surface area (Å²) in [5.41, 5.74) is 0. The molecule has 0 N–H and O–H groups in total. The van der Waals surface area contributed by atoms with Crippen LogP contribution in [0.2, 0.25) is 0 Å². The van der Waals surface area contributed by atoms with Crippen LogP contribution in [0.5, 0.6) is 0 Å². The van der Waals surface area contributed by atoms with Gasteiger partial charge in [0.15, 0.2) is 0 Å². The molecular formula is C14H25F4O. The molecule has 0 saturated heterocycles. The highest BCUT2D eigenvalue weighted by Crippen LogP contribution is 2.24. The average Bonchev–Trinajstić information content (AvgIpc) is 2.35. The summed E-state index contributed by atoms with van der Waals surface area (Å²) in [4.78, 5) is 0. The number of rotatable bonds is 13. The third-order valence-electron chi connectivity index (χ3n) is 2.86. The minimum absolute atomic E-state index is 0.329. The number of unbranched alkanes of at least 4 members (excludes halogenated alkanes) is 9. The van der Waals surface area contributed by atoms with Gasteiger partial charge in [0.25, 0.3) is 0 Å². The molecule has 0 aliphatic heterocycles. The minimum Gasteiger partial charge on any atom is -0.316 e. The number of alkyl halides is 4. The van der Waals surface area contributed by atoms with Crippen molar-refractivity contribution >= 4 is 0 Å². The van der Waals surface area contributed by atoms with Gasteiger partial charge in [-0.15, -0.1) is 0 Å². The van der Waals surface area contributed by atoms with E-state index in [-0.39, 0.29) is 6.61 Å². The van der Waals surface area contributed by atoms with E-state index in [0.717, 1.165) is 12.8 Å². The van der Waals surface area contributed by atoms with Gasteiger partial charge >= 0.3 is 12.5 Å². The van der Waals surface area contributed by atoms with Crippen LogP contribution in [0.15, 0.2) is 0 Å². The van der Waals surface area contributed by atoms with Crippen LogP contribution >= 0.6 is 0 Å². The molecule has 0 saturated carbocycles. The van der Waals surface area contributed by atoms with Gasteiger partial charge in [0, 0.05) is 0 Å². The Labute approximate surface area is 113 Å². The van der Waals surface area contributed by atoms with E-state index in [1.165, 1.54) is 32.1 Å². The fourth-order valence-electron chi connectivity index (χ4n) is 1.71. The molecule has 19 heavy (non-hydrogen) atoms. The first kappa shape index (κ1) is 18.7. The summed E-state index contributed by atoms with van der Waals surface area (Å²) in [6, 6.07) is 0. The first-order chi connectivity index (χ1) is 9.00. The van der Waals surface area contributed by atoms with Crippen molar-refractivity contribution in [2.75, 3.05) is 6.61 Å². The molecule has 1 radical (unpaired) electrons. The molecule has 0 unspecified atom stereocenters. The number of ether oxygens (including phenoxy) is 1. The molecule has 0 fully saturated rings. The zero-order valence-electron chi connectivity index (χ0n) is 11.6. The van der Waals surface area contributed by atoms with E-state index >= 15 is 0 Å². The van der Waals surface area contributed by atoms with Crippen LogP contribution in [-0.4, -0.2) is 19.1 Å². The number of halogens is 4. The van der Waals surface area contributed by atoms with Crippen LogP contribution in [0.1, 0.15) is 64.7 Å². The van der Waals surface area contributed by atoms with Crippen LogP contribution in [0.3, 0.4) is 0 Å². The molecule has 115 valence electrons. The maximum Gasteiger partial charge on any atom is 0.416 e. The van der Waals surface area contributed by atoms with E-state index in [4.69, 9.17) is 0 Å². The van der Waals surface area contributed by atoms with Gasteiger partial charge in [0.05, 0.1) is 6.61 Å². The zero-order valence-corrected chi connectivity index (χ0v) is 11.6. The SMILES string of the molecule is CCCCCCCC[CH]CCCOC(F)(F)C(F)F. The van der Waals surface area contributed by atoms with Crippen LogP contribution < -0.4 is 0 Å². The molecule has 0 aromatic heterocycles. The largest absolute Gasteiger partial charge is 0.416 e. The highest BCUT2D eigenvalue weighted by molar-refractivity contribution is 4.65. The van der Waals surface area contributed by atoms with Crippen LogP contribution in [0, 0.1) is 6.42 Å². The second-order valence-corrected chi connectivity index (χ2v) is 4.70. The smallest absolute Gasteiger partial charge is 0.316 e. The third-order valence-corrected chi connectivity index (χ3v) is 2.86. The Bertz CT molecular complexity index is 198. The van der Waals surface area contributed by atoms with E-state index < -0.39 is 12.5 Å². The monoisotopic (exact) mass is 285 g/mol. The van der Waals surface area contributed by atoms with Crippen molar-refractivity contribution in [1.29, 1.82) is 0 Å². The van der Waals surface area contributed by atoms with Crippen molar-refractivity contribution in [3.05, 3.63) is 6.42 Å². The molecule has 0 aliphatic carbocycles. The fraction of sp³-hybridized carbons (Fsp3) is 0.929. The molecule has 0 atom stereocenters. The lowest BCUT2D eigenvalue weighted by Gasteiger charge is -2.15. The van der Waals surface area contributed by atoms with Gasteiger partial charge in [0.2, 0.25) is 0 Å². The van der Waals surface area contributed by atoms with Gasteiger partial charge in [-0.25, -0.2) is 8.78 Å². The molecule has 0 rings (SSSR count). The van der Waals surface area contributed by atoms with E-state index in [0.29, 0.717) is 12.8 Å².